The van der Waals surface area contributed by atoms with Crippen molar-refractivity contribution in [1.29, 1.82) is 5.26 Å². The second-order valence-corrected chi connectivity index (χ2v) is 0.389. The molecule has 0 bridgehead atoms. The number of hydrogen-bond acceptors (Lipinski definition) is 2. The van der Waals surface area contributed by atoms with Crippen LogP contribution in [-0.4, -0.2) is 11.7 Å². The molecule has 0 atom stereocenters. The van der Waals surface area contributed by atoms with Crippen LogP contribution in [0.15, 0.2) is 0 Å². The number of rotatable bonds is 0. The smallest absolute Gasteiger partial charge is 0.283 e. The highest BCUT2D eigenvalue weighted by Crippen LogP contribution is 1.33. The maximum absolute atomic E-state index is 8.93. The van der Waals surface area contributed by atoms with Crippen molar-refractivity contribution < 1.29 is 10.2 Å². The summed E-state index contributed by atoms with van der Waals surface area (Å²) in [5.74, 6) is 0. The Kier molecular flexibility index (Phi) is 43.0. The highest BCUT2D eigenvalue weighted by Gasteiger charge is 1.39. The number of nitrogens with zero attached hydrogens (tertiary/aromatic N) is 1. The Bertz CT molecular complexity index is 38.5. The van der Waals surface area contributed by atoms with E-state index < -0.39 is 0 Å². The van der Waals surface area contributed by atoms with Gasteiger partial charge in [0, 0.05) is 0 Å². The van der Waals surface area contributed by atoms with Gasteiger partial charge in [-0.15, -0.1) is 0 Å². The second-order valence-electron chi connectivity index (χ2n) is 0.389. The maximum Gasteiger partial charge on any atom is 0.283 e. The summed E-state index contributed by atoms with van der Waals surface area (Å²) >= 11 is 0. The van der Waals surface area contributed by atoms with Crippen molar-refractivity contribution >= 4 is 0 Å². The summed E-state index contributed by atoms with van der Waals surface area (Å²) in [6, 6.07) is 0. The van der Waals surface area contributed by atoms with Crippen molar-refractivity contribution in [1.82, 2.24) is 0 Å². The van der Waals surface area contributed by atoms with Crippen LogP contribution in [0.5, 0.6) is 0 Å². The van der Waals surface area contributed by atoms with Crippen molar-refractivity contribution in [2.75, 3.05) is 6.61 Å². The molecule has 35 valence electrons. The van der Waals surface area contributed by atoms with Gasteiger partial charge in [-0.3, -0.25) is 0 Å². The lowest BCUT2D eigenvalue weighted by atomic mass is 10.9. The summed E-state index contributed by atoms with van der Waals surface area (Å²) in [6.07, 6.45) is 0.750. The van der Waals surface area contributed by atoms with E-state index in [1.165, 1.54) is 0 Å². The molecule has 1 radical (unpaired) electrons. The van der Waals surface area contributed by atoms with Gasteiger partial charge in [0.15, 0.2) is 0 Å². The van der Waals surface area contributed by atoms with E-state index in [9.17, 15) is 0 Å². The average molecular weight is 88.1 g/mol. The van der Waals surface area contributed by atoms with Crippen molar-refractivity contribution in [2.45, 2.75) is 6.92 Å². The normalized spacial score (nSPS) is 4.17. The Morgan fingerprint density at radius 2 is 2.00 bits per heavy atom. The van der Waals surface area contributed by atoms with Gasteiger partial charge in [0.05, 0.1) is 6.61 Å². The van der Waals surface area contributed by atoms with E-state index in [2.05, 4.69) is 0 Å². The minimum Gasteiger partial charge on any atom is -0.443 e. The Hall–Kier alpha value is -0.750. The van der Waals surface area contributed by atoms with Crippen LogP contribution < -0.4 is 0 Å². The molecule has 6 heavy (non-hydrogen) atoms. The lowest BCUT2D eigenvalue weighted by molar-refractivity contribution is 0.212. The summed E-state index contributed by atoms with van der Waals surface area (Å²) in [7, 11) is 0. The van der Waals surface area contributed by atoms with Gasteiger partial charge in [-0.1, -0.05) is 0 Å². The topological polar surface area (TPSA) is 63.9 Å². The molecule has 0 spiro atoms. The molecule has 0 aromatic heterocycles. The van der Waals surface area contributed by atoms with Gasteiger partial charge in [-0.2, -0.15) is 5.26 Å². The lowest BCUT2D eigenvalue weighted by Gasteiger charge is -1.45. The number of nitriles is 1. The molecule has 0 unspecified atom stereocenters. The molecule has 0 saturated heterocycles. The third kappa shape index (κ3) is 29.2. The first-order chi connectivity index (χ1) is 2.83. The van der Waals surface area contributed by atoms with Crippen LogP contribution in [0.4, 0.5) is 0 Å². The molecule has 0 amide bonds. The fraction of sp³-hybridized carbons (Fsp3) is 0.667. The Balaban J connectivity index is 0. The third-order valence-electron chi connectivity index (χ3n) is 0. The van der Waals surface area contributed by atoms with Crippen LogP contribution in [0.1, 0.15) is 6.92 Å². The highest BCUT2D eigenvalue weighted by molar-refractivity contribution is 4.30. The Labute approximate surface area is 36.5 Å². The first kappa shape index (κ1) is 8.98. The number of aliphatic hydroxyl groups excluding tert-OH is 1. The molecule has 3 nitrogen and oxygen atoms in total. The minimum absolute atomic E-state index is 0. The molecule has 1 N–H and O–H groups in total. The fourth-order valence-electron chi connectivity index (χ4n) is 0. The molecule has 0 aliphatic rings. The van der Waals surface area contributed by atoms with Crippen LogP contribution in [0.3, 0.4) is 0 Å². The quantitative estimate of drug-likeness (QED) is 0.432. The summed E-state index contributed by atoms with van der Waals surface area (Å²) in [5, 5.41) is 22.7. The van der Waals surface area contributed by atoms with E-state index in [1.54, 1.807) is 6.92 Å². The molecule has 0 rings (SSSR count). The van der Waals surface area contributed by atoms with Crippen LogP contribution >= 0.6 is 0 Å². The van der Waals surface area contributed by atoms with Crippen LogP contribution in [-0.2, 0) is 5.11 Å². The molecule has 0 saturated carbocycles. The van der Waals surface area contributed by atoms with Crippen molar-refractivity contribution in [3.8, 4) is 6.26 Å². The molecule has 0 aliphatic heterocycles. The summed E-state index contributed by atoms with van der Waals surface area (Å²) in [6.45, 7) is 1.57. The summed E-state index contributed by atoms with van der Waals surface area (Å²) in [4.78, 5) is 0. The third-order valence-corrected chi connectivity index (χ3v) is 0. The minimum atomic E-state index is 0. The molecular formula is C3H6NO2. The maximum atomic E-state index is 8.93. The predicted octanol–water partition coefficient (Wildman–Crippen LogP) is 0.277. The lowest BCUT2D eigenvalue weighted by Crippen LogP contribution is -1.52. The first-order valence-corrected chi connectivity index (χ1v) is 1.44. The van der Waals surface area contributed by atoms with E-state index in [4.69, 9.17) is 15.5 Å². The van der Waals surface area contributed by atoms with Gasteiger partial charge in [0.1, 0.15) is 0 Å². The van der Waals surface area contributed by atoms with Gasteiger partial charge in [-0.25, -0.2) is 5.11 Å². The first-order valence-electron chi connectivity index (χ1n) is 1.44. The molecule has 0 aromatic carbocycles. The molecule has 0 fully saturated rings. The van der Waals surface area contributed by atoms with Gasteiger partial charge in [0.2, 0.25) is 0 Å². The zero-order chi connectivity index (χ0) is 5.41. The van der Waals surface area contributed by atoms with Crippen LogP contribution in [0, 0.1) is 11.5 Å². The SMILES string of the molecule is CC[O].N#CO. The van der Waals surface area contributed by atoms with Crippen LogP contribution in [0.25, 0.3) is 0 Å². The van der Waals surface area contributed by atoms with E-state index in [-0.39, 0.29) is 6.61 Å². The van der Waals surface area contributed by atoms with Gasteiger partial charge >= 0.3 is 0 Å². The highest BCUT2D eigenvalue weighted by atomic mass is 16.2. The van der Waals surface area contributed by atoms with E-state index in [1.807, 2.05) is 0 Å². The zero-order valence-corrected chi connectivity index (χ0v) is 3.51. The summed E-state index contributed by atoms with van der Waals surface area (Å²) in [5.41, 5.74) is 0. The second kappa shape index (κ2) is 28.7. The molecule has 0 aliphatic carbocycles. The van der Waals surface area contributed by atoms with Crippen molar-refractivity contribution in [3.63, 3.8) is 0 Å². The molecule has 0 heterocycles. The number of aliphatic hydroxyl groups is 1. The largest absolute Gasteiger partial charge is 0.443 e. The van der Waals surface area contributed by atoms with Gasteiger partial charge in [0.25, 0.3) is 6.26 Å². The monoisotopic (exact) mass is 88.0 g/mol. The van der Waals surface area contributed by atoms with Crippen molar-refractivity contribution in [3.05, 3.63) is 0 Å². The summed E-state index contributed by atoms with van der Waals surface area (Å²) < 4.78 is 0. The Morgan fingerprint density at radius 3 is 2.00 bits per heavy atom. The molecule has 0 aromatic rings. The van der Waals surface area contributed by atoms with E-state index in [0.717, 1.165) is 6.26 Å². The Morgan fingerprint density at radius 1 is 2.00 bits per heavy atom. The van der Waals surface area contributed by atoms with Crippen LogP contribution in [0.2, 0.25) is 0 Å². The fourth-order valence-corrected chi connectivity index (χ4v) is 0. The number of hydrogen-bond donors (Lipinski definition) is 1. The standard InChI is InChI=1S/C2H5O.CHNO/c1-2-3;2-1-3/h2H2,1H3;3H. The predicted molar refractivity (Wildman–Crippen MR) is 18.8 cm³/mol. The molecule has 3 heteroatoms. The van der Waals surface area contributed by atoms with Gasteiger partial charge in [-0.05, 0) is 6.92 Å². The van der Waals surface area contributed by atoms with Gasteiger partial charge < -0.3 is 5.11 Å². The average Bonchev–Trinajstić information content (AvgIpc) is 1.39. The van der Waals surface area contributed by atoms with E-state index >= 15 is 0 Å². The van der Waals surface area contributed by atoms with Crippen molar-refractivity contribution in [2.24, 2.45) is 0 Å². The molecular weight excluding hydrogens is 82.0 g/mol. The zero-order valence-electron chi connectivity index (χ0n) is 3.51. The van der Waals surface area contributed by atoms with E-state index in [0.29, 0.717) is 0 Å².